The number of ether oxygens (including phenoxy) is 1. The Balaban J connectivity index is 1.92. The Morgan fingerprint density at radius 3 is 2.19 bits per heavy atom. The molecule has 2 aromatic carbocycles. The van der Waals surface area contributed by atoms with Gasteiger partial charge in [0.05, 0.1) is 11.5 Å². The van der Waals surface area contributed by atoms with Crippen LogP contribution in [0.5, 0.6) is 5.75 Å². The smallest absolute Gasteiger partial charge is 0.241 e. The average molecular weight is 391 g/mol. The minimum absolute atomic E-state index is 0.0257. The fourth-order valence-corrected chi connectivity index (χ4v) is 4.47. The normalized spacial score (nSPS) is 11.3. The Morgan fingerprint density at radius 1 is 1.04 bits per heavy atom. The van der Waals surface area contributed by atoms with E-state index in [2.05, 4.69) is 10.0 Å². The van der Waals surface area contributed by atoms with E-state index >= 15 is 0 Å². The molecule has 0 unspecified atom stereocenters. The predicted molar refractivity (Wildman–Crippen MR) is 107 cm³/mol. The molecule has 2 N–H and O–H groups in total. The van der Waals surface area contributed by atoms with Crippen LogP contribution in [0.3, 0.4) is 0 Å². The number of anilines is 1. The number of hydrogen-bond donors (Lipinski definition) is 2. The van der Waals surface area contributed by atoms with Gasteiger partial charge in [-0.3, -0.25) is 4.79 Å². The number of rotatable bonds is 8. The molecule has 0 aliphatic heterocycles. The van der Waals surface area contributed by atoms with Crippen LogP contribution in [0.25, 0.3) is 0 Å². The van der Waals surface area contributed by atoms with E-state index in [9.17, 15) is 13.2 Å². The molecule has 0 atom stereocenters. The molecule has 0 aliphatic rings. The first-order chi connectivity index (χ1) is 12.7. The highest BCUT2D eigenvalue weighted by Crippen LogP contribution is 2.21. The van der Waals surface area contributed by atoms with E-state index in [1.165, 1.54) is 0 Å². The van der Waals surface area contributed by atoms with Gasteiger partial charge < -0.3 is 10.1 Å². The molecule has 0 saturated heterocycles. The summed E-state index contributed by atoms with van der Waals surface area (Å²) in [5.41, 5.74) is 3.04. The van der Waals surface area contributed by atoms with Crippen molar-refractivity contribution in [2.45, 2.75) is 39.0 Å². The van der Waals surface area contributed by atoms with Gasteiger partial charge in [-0.1, -0.05) is 17.7 Å². The molecule has 0 aromatic heterocycles. The Hall–Kier alpha value is -2.38. The maximum absolute atomic E-state index is 12.6. The van der Waals surface area contributed by atoms with Crippen molar-refractivity contribution in [3.05, 3.63) is 53.1 Å². The summed E-state index contributed by atoms with van der Waals surface area (Å²) in [7, 11) is -3.67. The second kappa shape index (κ2) is 9.01. The lowest BCUT2D eigenvalue weighted by Crippen LogP contribution is -2.29. The standard InChI is InChI=1S/C20H26N2O4S/c1-5-26-18-8-6-17(7-9-18)22-19(23)10-11-21-27(24,25)20-15(3)12-14(2)13-16(20)4/h6-9,12-13,21H,5,10-11H2,1-4H3,(H,22,23). The van der Waals surface area contributed by atoms with Crippen LogP contribution in [-0.2, 0) is 14.8 Å². The van der Waals surface area contributed by atoms with Crippen molar-refractivity contribution >= 4 is 21.6 Å². The number of hydrogen-bond acceptors (Lipinski definition) is 4. The fraction of sp³-hybridized carbons (Fsp3) is 0.350. The van der Waals surface area contributed by atoms with Crippen LogP contribution in [0, 0.1) is 20.8 Å². The van der Waals surface area contributed by atoms with Gasteiger partial charge in [0.15, 0.2) is 0 Å². The Labute approximate surface area is 161 Å². The van der Waals surface area contributed by atoms with Crippen LogP contribution in [-0.4, -0.2) is 27.5 Å². The molecule has 0 fully saturated rings. The molecule has 2 rings (SSSR count). The van der Waals surface area contributed by atoms with Crippen molar-refractivity contribution in [2.24, 2.45) is 0 Å². The van der Waals surface area contributed by atoms with Gasteiger partial charge in [0.25, 0.3) is 0 Å². The van der Waals surface area contributed by atoms with Crippen LogP contribution in [0.4, 0.5) is 5.69 Å². The summed E-state index contributed by atoms with van der Waals surface area (Å²) in [5.74, 6) is 0.464. The molecule has 0 heterocycles. The van der Waals surface area contributed by atoms with Gasteiger partial charge in [0.1, 0.15) is 5.75 Å². The number of sulfonamides is 1. The highest BCUT2D eigenvalue weighted by molar-refractivity contribution is 7.89. The van der Waals surface area contributed by atoms with Crippen LogP contribution < -0.4 is 14.8 Å². The van der Waals surface area contributed by atoms with Crippen molar-refractivity contribution < 1.29 is 17.9 Å². The van der Waals surface area contributed by atoms with E-state index in [1.54, 1.807) is 38.1 Å². The molecule has 7 heteroatoms. The third-order valence-corrected chi connectivity index (χ3v) is 5.73. The largest absolute Gasteiger partial charge is 0.494 e. The minimum Gasteiger partial charge on any atom is -0.494 e. The number of benzene rings is 2. The van der Waals surface area contributed by atoms with Gasteiger partial charge in [-0.2, -0.15) is 0 Å². The summed E-state index contributed by atoms with van der Waals surface area (Å²) in [6, 6.07) is 10.7. The number of nitrogens with one attached hydrogen (secondary N) is 2. The van der Waals surface area contributed by atoms with Gasteiger partial charge in [0, 0.05) is 18.7 Å². The first-order valence-corrected chi connectivity index (χ1v) is 10.3. The first kappa shape index (κ1) is 20.9. The number of carbonyl (C=O) groups is 1. The topological polar surface area (TPSA) is 84.5 Å². The SMILES string of the molecule is CCOc1ccc(NC(=O)CCNS(=O)(=O)c2c(C)cc(C)cc2C)cc1. The Kier molecular flexibility index (Phi) is 6.98. The third-order valence-electron chi connectivity index (χ3n) is 3.97. The minimum atomic E-state index is -3.67. The maximum atomic E-state index is 12.6. The van der Waals surface area contributed by atoms with Crippen molar-refractivity contribution in [1.82, 2.24) is 4.72 Å². The lowest BCUT2D eigenvalue weighted by molar-refractivity contribution is -0.116. The van der Waals surface area contributed by atoms with Crippen LogP contribution in [0.2, 0.25) is 0 Å². The van der Waals surface area contributed by atoms with Crippen molar-refractivity contribution in [3.8, 4) is 5.75 Å². The molecule has 146 valence electrons. The van der Waals surface area contributed by atoms with Gasteiger partial charge >= 0.3 is 0 Å². The van der Waals surface area contributed by atoms with E-state index in [0.717, 1.165) is 11.3 Å². The number of amides is 1. The van der Waals surface area contributed by atoms with E-state index in [-0.39, 0.29) is 23.8 Å². The molecule has 0 bridgehead atoms. The van der Waals surface area contributed by atoms with Crippen LogP contribution in [0.1, 0.15) is 30.0 Å². The van der Waals surface area contributed by atoms with Crippen LogP contribution in [0.15, 0.2) is 41.3 Å². The van der Waals surface area contributed by atoms with Crippen molar-refractivity contribution in [3.63, 3.8) is 0 Å². The molecule has 1 amide bonds. The summed E-state index contributed by atoms with van der Waals surface area (Å²) in [6.07, 6.45) is 0.0381. The molecular formula is C20H26N2O4S. The average Bonchev–Trinajstić information content (AvgIpc) is 2.55. The fourth-order valence-electron chi connectivity index (χ4n) is 2.99. The quantitative estimate of drug-likeness (QED) is 0.724. The molecule has 0 aliphatic carbocycles. The van der Waals surface area contributed by atoms with Gasteiger partial charge in [-0.25, -0.2) is 13.1 Å². The third kappa shape index (κ3) is 5.80. The molecule has 2 aromatic rings. The molecular weight excluding hydrogens is 364 g/mol. The van der Waals surface area contributed by atoms with E-state index in [0.29, 0.717) is 23.4 Å². The maximum Gasteiger partial charge on any atom is 0.241 e. The van der Waals surface area contributed by atoms with E-state index < -0.39 is 10.0 Å². The van der Waals surface area contributed by atoms with Crippen molar-refractivity contribution in [2.75, 3.05) is 18.5 Å². The first-order valence-electron chi connectivity index (χ1n) is 8.83. The number of aryl methyl sites for hydroxylation is 3. The van der Waals surface area contributed by atoms with Gasteiger partial charge in [0.2, 0.25) is 15.9 Å². The molecule has 6 nitrogen and oxygen atoms in total. The predicted octanol–water partition coefficient (Wildman–Crippen LogP) is 3.32. The van der Waals surface area contributed by atoms with E-state index in [4.69, 9.17) is 4.74 Å². The lowest BCUT2D eigenvalue weighted by atomic mass is 10.1. The summed E-state index contributed by atoms with van der Waals surface area (Å²) in [6.45, 7) is 7.97. The Morgan fingerprint density at radius 2 is 1.63 bits per heavy atom. The number of carbonyl (C=O) groups excluding carboxylic acids is 1. The Bertz CT molecular complexity index is 883. The second-order valence-corrected chi connectivity index (χ2v) is 8.08. The summed E-state index contributed by atoms with van der Waals surface area (Å²) in [5, 5.41) is 2.74. The highest BCUT2D eigenvalue weighted by Gasteiger charge is 2.19. The van der Waals surface area contributed by atoms with Gasteiger partial charge in [-0.15, -0.1) is 0 Å². The summed E-state index contributed by atoms with van der Waals surface area (Å²) in [4.78, 5) is 12.3. The summed E-state index contributed by atoms with van der Waals surface area (Å²) < 4.78 is 33.0. The van der Waals surface area contributed by atoms with Crippen LogP contribution >= 0.6 is 0 Å². The molecule has 0 spiro atoms. The lowest BCUT2D eigenvalue weighted by Gasteiger charge is -2.13. The highest BCUT2D eigenvalue weighted by atomic mass is 32.2. The molecule has 0 saturated carbocycles. The molecule has 0 radical (unpaired) electrons. The second-order valence-electron chi connectivity index (χ2n) is 6.38. The van der Waals surface area contributed by atoms with Crippen molar-refractivity contribution in [1.29, 1.82) is 0 Å². The molecule has 27 heavy (non-hydrogen) atoms. The van der Waals surface area contributed by atoms with E-state index in [1.807, 2.05) is 26.0 Å². The zero-order valence-corrected chi connectivity index (χ0v) is 16.9. The zero-order chi connectivity index (χ0) is 20.0. The van der Waals surface area contributed by atoms with Gasteiger partial charge in [-0.05, 0) is 63.1 Å². The zero-order valence-electron chi connectivity index (χ0n) is 16.1. The monoisotopic (exact) mass is 390 g/mol. The summed E-state index contributed by atoms with van der Waals surface area (Å²) >= 11 is 0.